The van der Waals surface area contributed by atoms with Crippen LogP contribution < -0.4 is 10.6 Å². The van der Waals surface area contributed by atoms with E-state index in [0.717, 1.165) is 32.0 Å². The molecule has 1 aliphatic rings. The lowest BCUT2D eigenvalue weighted by atomic mass is 9.93. The molecule has 0 aliphatic carbocycles. The predicted molar refractivity (Wildman–Crippen MR) is 78.7 cm³/mol. The summed E-state index contributed by atoms with van der Waals surface area (Å²) in [7, 11) is 0. The van der Waals surface area contributed by atoms with Crippen LogP contribution in [-0.4, -0.2) is 53.7 Å². The smallest absolute Gasteiger partial charge is 0.310 e. The van der Waals surface area contributed by atoms with Crippen LogP contribution in [0.25, 0.3) is 0 Å². The van der Waals surface area contributed by atoms with E-state index in [1.807, 2.05) is 12.1 Å². The number of nitrogens with zero attached hydrogens (tertiary/aromatic N) is 3. The van der Waals surface area contributed by atoms with Crippen LogP contribution in [0.15, 0.2) is 18.3 Å². The topological polar surface area (TPSA) is 82.7 Å². The number of hydrogen-bond acceptors (Lipinski definition) is 5. The van der Waals surface area contributed by atoms with E-state index in [-0.39, 0.29) is 0 Å². The monoisotopic (exact) mass is 278 g/mol. The maximum absolute atomic E-state index is 11.2. The maximum atomic E-state index is 11.2. The molecule has 0 spiro atoms. The van der Waals surface area contributed by atoms with E-state index < -0.39 is 11.4 Å². The minimum atomic E-state index is -0.756. The number of hydrogen-bond donors (Lipinski definition) is 2. The number of aromatic nitrogens is 1. The normalized spacial score (nSPS) is 17.2. The maximum Gasteiger partial charge on any atom is 0.310 e. The molecule has 6 heteroatoms. The number of nitrogens with two attached hydrogens (primary N) is 1. The SMILES string of the molecule is CC(C)(CN1CCN(c2ncccc2N)CC1)C(=O)O. The van der Waals surface area contributed by atoms with Crippen LogP contribution in [0.3, 0.4) is 0 Å². The minimum Gasteiger partial charge on any atom is -0.481 e. The van der Waals surface area contributed by atoms with Gasteiger partial charge in [-0.3, -0.25) is 9.69 Å². The van der Waals surface area contributed by atoms with Gasteiger partial charge in [0.1, 0.15) is 0 Å². The summed E-state index contributed by atoms with van der Waals surface area (Å²) in [5, 5.41) is 9.17. The fourth-order valence-corrected chi connectivity index (χ4v) is 2.42. The van der Waals surface area contributed by atoms with Crippen molar-refractivity contribution in [1.82, 2.24) is 9.88 Å². The second kappa shape index (κ2) is 5.66. The fourth-order valence-electron chi connectivity index (χ4n) is 2.42. The van der Waals surface area contributed by atoms with Gasteiger partial charge in [-0.25, -0.2) is 4.98 Å². The molecule has 0 aromatic carbocycles. The third-order valence-corrected chi connectivity index (χ3v) is 3.69. The summed E-state index contributed by atoms with van der Waals surface area (Å²) in [6.45, 7) is 7.37. The third kappa shape index (κ3) is 3.19. The van der Waals surface area contributed by atoms with Gasteiger partial charge >= 0.3 is 5.97 Å². The Morgan fingerprint density at radius 3 is 2.60 bits per heavy atom. The van der Waals surface area contributed by atoms with E-state index in [1.54, 1.807) is 20.0 Å². The molecule has 1 aromatic heterocycles. The molecule has 1 saturated heterocycles. The highest BCUT2D eigenvalue weighted by Gasteiger charge is 2.31. The molecule has 0 radical (unpaired) electrons. The number of pyridine rings is 1. The Morgan fingerprint density at radius 1 is 1.40 bits per heavy atom. The van der Waals surface area contributed by atoms with Crippen molar-refractivity contribution >= 4 is 17.5 Å². The molecule has 0 amide bonds. The summed E-state index contributed by atoms with van der Waals surface area (Å²) in [5.74, 6) is 0.0681. The van der Waals surface area contributed by atoms with Crippen molar-refractivity contribution in [3.05, 3.63) is 18.3 Å². The first-order valence-corrected chi connectivity index (χ1v) is 6.81. The molecular weight excluding hydrogens is 256 g/mol. The number of nitrogen functional groups attached to an aromatic ring is 1. The molecule has 1 aliphatic heterocycles. The average Bonchev–Trinajstić information content (AvgIpc) is 2.40. The predicted octanol–water partition coefficient (Wildman–Crippen LogP) is 0.897. The number of carboxylic acid groups (broad SMARTS) is 1. The highest BCUT2D eigenvalue weighted by molar-refractivity contribution is 5.73. The largest absolute Gasteiger partial charge is 0.481 e. The van der Waals surface area contributed by atoms with Gasteiger partial charge in [-0.15, -0.1) is 0 Å². The van der Waals surface area contributed by atoms with Crippen LogP contribution in [0.4, 0.5) is 11.5 Å². The number of aliphatic carboxylic acids is 1. The summed E-state index contributed by atoms with van der Waals surface area (Å²) in [6, 6.07) is 3.67. The summed E-state index contributed by atoms with van der Waals surface area (Å²) in [6.07, 6.45) is 1.74. The number of anilines is 2. The number of piperazine rings is 1. The molecule has 0 saturated carbocycles. The van der Waals surface area contributed by atoms with Gasteiger partial charge in [-0.05, 0) is 26.0 Å². The minimum absolute atomic E-state index is 0.563. The van der Waals surface area contributed by atoms with Crippen molar-refractivity contribution in [3.8, 4) is 0 Å². The van der Waals surface area contributed by atoms with E-state index in [0.29, 0.717) is 12.2 Å². The molecule has 1 aromatic rings. The number of rotatable bonds is 4. The first-order valence-electron chi connectivity index (χ1n) is 6.81. The van der Waals surface area contributed by atoms with E-state index in [4.69, 9.17) is 5.73 Å². The van der Waals surface area contributed by atoms with Crippen LogP contribution in [0, 0.1) is 5.41 Å². The lowest BCUT2D eigenvalue weighted by Crippen LogP contribution is -2.50. The Balaban J connectivity index is 1.93. The molecule has 1 fully saturated rings. The molecule has 0 unspecified atom stereocenters. The zero-order valence-electron chi connectivity index (χ0n) is 12.0. The van der Waals surface area contributed by atoms with Crippen LogP contribution in [0.5, 0.6) is 0 Å². The average molecular weight is 278 g/mol. The molecular formula is C14H22N4O2. The quantitative estimate of drug-likeness (QED) is 0.851. The second-order valence-electron chi connectivity index (χ2n) is 5.87. The standard InChI is InChI=1S/C14H22N4O2/c1-14(2,13(19)20)10-17-6-8-18(9-7-17)12-11(15)4-3-5-16-12/h3-5H,6-10,15H2,1-2H3,(H,19,20). The summed E-state index contributed by atoms with van der Waals surface area (Å²) in [5.41, 5.74) is 5.90. The first kappa shape index (κ1) is 14.6. The van der Waals surface area contributed by atoms with Crippen molar-refractivity contribution in [2.45, 2.75) is 13.8 Å². The van der Waals surface area contributed by atoms with Crippen LogP contribution in [-0.2, 0) is 4.79 Å². The van der Waals surface area contributed by atoms with Crippen LogP contribution in [0.1, 0.15) is 13.8 Å². The van der Waals surface area contributed by atoms with Crippen LogP contribution >= 0.6 is 0 Å². The van der Waals surface area contributed by atoms with Crippen molar-refractivity contribution in [2.24, 2.45) is 5.41 Å². The van der Waals surface area contributed by atoms with Gasteiger partial charge in [-0.2, -0.15) is 0 Å². The van der Waals surface area contributed by atoms with Gasteiger partial charge in [0.2, 0.25) is 0 Å². The highest BCUT2D eigenvalue weighted by atomic mass is 16.4. The lowest BCUT2D eigenvalue weighted by Gasteiger charge is -2.38. The molecule has 3 N–H and O–H groups in total. The van der Waals surface area contributed by atoms with Crippen molar-refractivity contribution in [2.75, 3.05) is 43.4 Å². The van der Waals surface area contributed by atoms with Gasteiger partial charge in [0.15, 0.2) is 5.82 Å². The Hall–Kier alpha value is -1.82. The first-order chi connectivity index (χ1) is 9.40. The van der Waals surface area contributed by atoms with Gasteiger partial charge < -0.3 is 15.7 Å². The third-order valence-electron chi connectivity index (χ3n) is 3.69. The number of carbonyl (C=O) groups is 1. The van der Waals surface area contributed by atoms with Gasteiger partial charge in [0, 0.05) is 38.9 Å². The van der Waals surface area contributed by atoms with Crippen molar-refractivity contribution < 1.29 is 9.90 Å². The van der Waals surface area contributed by atoms with Crippen LogP contribution in [0.2, 0.25) is 0 Å². The molecule has 6 nitrogen and oxygen atoms in total. The Kier molecular flexibility index (Phi) is 4.13. The Labute approximate surface area is 119 Å². The van der Waals surface area contributed by atoms with Gasteiger partial charge in [-0.1, -0.05) is 0 Å². The number of carboxylic acids is 1. The second-order valence-corrected chi connectivity index (χ2v) is 5.87. The highest BCUT2D eigenvalue weighted by Crippen LogP contribution is 2.22. The molecule has 110 valence electrons. The van der Waals surface area contributed by atoms with Crippen molar-refractivity contribution in [3.63, 3.8) is 0 Å². The summed E-state index contributed by atoms with van der Waals surface area (Å²) < 4.78 is 0. The fraction of sp³-hybridized carbons (Fsp3) is 0.571. The Morgan fingerprint density at radius 2 is 2.05 bits per heavy atom. The lowest BCUT2D eigenvalue weighted by molar-refractivity contribution is -0.148. The van der Waals surface area contributed by atoms with E-state index in [1.165, 1.54) is 0 Å². The zero-order valence-corrected chi connectivity index (χ0v) is 12.0. The molecule has 2 rings (SSSR count). The molecule has 20 heavy (non-hydrogen) atoms. The Bertz CT molecular complexity index is 482. The van der Waals surface area contributed by atoms with E-state index in [9.17, 15) is 9.90 Å². The molecule has 2 heterocycles. The molecule has 0 bridgehead atoms. The van der Waals surface area contributed by atoms with Crippen molar-refractivity contribution in [1.29, 1.82) is 0 Å². The summed E-state index contributed by atoms with van der Waals surface area (Å²) >= 11 is 0. The van der Waals surface area contributed by atoms with E-state index >= 15 is 0 Å². The van der Waals surface area contributed by atoms with Gasteiger partial charge in [0.05, 0.1) is 11.1 Å². The summed E-state index contributed by atoms with van der Waals surface area (Å²) in [4.78, 5) is 19.8. The van der Waals surface area contributed by atoms with E-state index in [2.05, 4.69) is 14.8 Å². The molecule has 0 atom stereocenters. The van der Waals surface area contributed by atoms with Gasteiger partial charge in [0.25, 0.3) is 0 Å². The zero-order chi connectivity index (χ0) is 14.8.